The lowest BCUT2D eigenvalue weighted by Gasteiger charge is -1.92. The maximum atomic E-state index is 12.6. The van der Waals surface area contributed by atoms with E-state index in [1.165, 1.54) is 6.07 Å². The molecule has 0 unspecified atom stereocenters. The summed E-state index contributed by atoms with van der Waals surface area (Å²) in [6, 6.07) is 3.66. The molecule has 0 atom stereocenters. The molecule has 0 saturated heterocycles. The Morgan fingerprint density at radius 2 is 2.14 bits per heavy atom. The Bertz CT molecular complexity index is 588. The maximum Gasteiger partial charge on any atom is 0.332 e. The molecule has 0 spiro atoms. The van der Waals surface area contributed by atoms with E-state index in [0.717, 1.165) is 12.1 Å². The number of halogens is 1. The molecule has 0 bridgehead atoms. The van der Waals surface area contributed by atoms with Crippen molar-refractivity contribution in [1.29, 1.82) is 0 Å². The van der Waals surface area contributed by atoms with Gasteiger partial charge >= 0.3 is 10.2 Å². The Labute approximate surface area is 79.6 Å². The SMILES string of the molecule is Cc1nc2cc(S(=O)(=O)F)ccc2o1. The molecule has 0 aliphatic carbocycles. The minimum Gasteiger partial charge on any atom is -0.441 e. The summed E-state index contributed by atoms with van der Waals surface area (Å²) >= 11 is 0. The summed E-state index contributed by atoms with van der Waals surface area (Å²) in [6.07, 6.45) is 0. The number of aryl methyl sites for hydroxylation is 1. The smallest absolute Gasteiger partial charge is 0.332 e. The third-order valence-electron chi connectivity index (χ3n) is 1.75. The van der Waals surface area contributed by atoms with Crippen molar-refractivity contribution in [3.05, 3.63) is 24.1 Å². The average molecular weight is 215 g/mol. The van der Waals surface area contributed by atoms with Gasteiger partial charge in [0, 0.05) is 6.92 Å². The van der Waals surface area contributed by atoms with Crippen molar-refractivity contribution in [1.82, 2.24) is 4.98 Å². The van der Waals surface area contributed by atoms with E-state index in [1.54, 1.807) is 6.92 Å². The topological polar surface area (TPSA) is 60.2 Å². The van der Waals surface area contributed by atoms with Crippen LogP contribution in [-0.2, 0) is 10.2 Å². The molecule has 6 heteroatoms. The van der Waals surface area contributed by atoms with Gasteiger partial charge in [-0.1, -0.05) is 0 Å². The van der Waals surface area contributed by atoms with Crippen molar-refractivity contribution < 1.29 is 16.7 Å². The molecule has 0 radical (unpaired) electrons. The van der Waals surface area contributed by atoms with E-state index in [0.29, 0.717) is 17.0 Å². The number of benzene rings is 1. The first kappa shape index (κ1) is 9.14. The maximum absolute atomic E-state index is 12.6. The van der Waals surface area contributed by atoms with E-state index >= 15 is 0 Å². The van der Waals surface area contributed by atoms with Crippen LogP contribution in [-0.4, -0.2) is 13.4 Å². The largest absolute Gasteiger partial charge is 0.441 e. The van der Waals surface area contributed by atoms with Gasteiger partial charge in [-0.05, 0) is 18.2 Å². The lowest BCUT2D eigenvalue weighted by Crippen LogP contribution is -1.90. The Hall–Kier alpha value is -1.43. The molecule has 0 N–H and O–H groups in total. The molecule has 0 amide bonds. The first-order chi connectivity index (χ1) is 6.47. The molecule has 4 nitrogen and oxygen atoms in total. The quantitative estimate of drug-likeness (QED) is 0.680. The molecular formula is C8H6FNO3S. The second-order valence-corrected chi connectivity index (χ2v) is 4.15. The molecule has 0 fully saturated rings. The van der Waals surface area contributed by atoms with Crippen molar-refractivity contribution in [3.8, 4) is 0 Å². The van der Waals surface area contributed by atoms with Crippen LogP contribution in [0.25, 0.3) is 11.1 Å². The fraction of sp³-hybridized carbons (Fsp3) is 0.125. The van der Waals surface area contributed by atoms with Gasteiger partial charge in [0.2, 0.25) is 0 Å². The van der Waals surface area contributed by atoms with E-state index in [9.17, 15) is 12.3 Å². The average Bonchev–Trinajstić information content (AvgIpc) is 2.41. The highest BCUT2D eigenvalue weighted by atomic mass is 32.3. The number of fused-ring (bicyclic) bond motifs is 1. The zero-order chi connectivity index (χ0) is 10.3. The minimum atomic E-state index is -4.67. The minimum absolute atomic E-state index is 0.334. The third kappa shape index (κ3) is 1.48. The summed E-state index contributed by atoms with van der Waals surface area (Å²) < 4.78 is 38.8. The standard InChI is InChI=1S/C8H6FNO3S/c1-5-10-7-4-6(14(9,11)12)2-3-8(7)13-5/h2-4H,1H3. The van der Waals surface area contributed by atoms with E-state index in [4.69, 9.17) is 4.42 Å². The predicted molar refractivity (Wildman–Crippen MR) is 47.0 cm³/mol. The summed E-state index contributed by atoms with van der Waals surface area (Å²) in [5, 5.41) is 0. The normalized spacial score (nSPS) is 12.1. The summed E-state index contributed by atoms with van der Waals surface area (Å²) in [6.45, 7) is 1.63. The number of hydrogen-bond acceptors (Lipinski definition) is 4. The van der Waals surface area contributed by atoms with Crippen LogP contribution in [0.15, 0.2) is 27.5 Å². The van der Waals surface area contributed by atoms with E-state index < -0.39 is 15.1 Å². The molecule has 2 rings (SSSR count). The lowest BCUT2D eigenvalue weighted by molar-refractivity contribution is 0.552. The molecular weight excluding hydrogens is 209 g/mol. The lowest BCUT2D eigenvalue weighted by atomic mass is 10.3. The van der Waals surface area contributed by atoms with Crippen LogP contribution >= 0.6 is 0 Å². The Morgan fingerprint density at radius 1 is 1.43 bits per heavy atom. The van der Waals surface area contributed by atoms with Crippen molar-refractivity contribution in [3.63, 3.8) is 0 Å². The van der Waals surface area contributed by atoms with E-state index in [2.05, 4.69) is 4.98 Å². The first-order valence-electron chi connectivity index (χ1n) is 3.79. The highest BCUT2D eigenvalue weighted by molar-refractivity contribution is 7.86. The highest BCUT2D eigenvalue weighted by Gasteiger charge is 2.13. The van der Waals surface area contributed by atoms with Crippen molar-refractivity contribution >= 4 is 21.3 Å². The molecule has 0 aliphatic rings. The monoisotopic (exact) mass is 215 g/mol. The van der Waals surface area contributed by atoms with Crippen LogP contribution in [0.4, 0.5) is 3.89 Å². The van der Waals surface area contributed by atoms with E-state index in [1.807, 2.05) is 0 Å². The van der Waals surface area contributed by atoms with Gasteiger partial charge < -0.3 is 4.42 Å². The van der Waals surface area contributed by atoms with Crippen LogP contribution in [0.2, 0.25) is 0 Å². The van der Waals surface area contributed by atoms with Gasteiger partial charge in [0.1, 0.15) is 10.4 Å². The second kappa shape index (κ2) is 2.78. The molecule has 1 heterocycles. The molecule has 14 heavy (non-hydrogen) atoms. The molecule has 1 aromatic carbocycles. The number of oxazole rings is 1. The van der Waals surface area contributed by atoms with Gasteiger partial charge in [0.05, 0.1) is 0 Å². The molecule has 1 aromatic heterocycles. The summed E-state index contributed by atoms with van der Waals surface area (Å²) in [7, 11) is -4.67. The highest BCUT2D eigenvalue weighted by Crippen LogP contribution is 2.20. The van der Waals surface area contributed by atoms with Crippen molar-refractivity contribution in [2.24, 2.45) is 0 Å². The summed E-state index contributed by atoms with van der Waals surface area (Å²) in [5.41, 5.74) is 0.774. The number of aromatic nitrogens is 1. The van der Waals surface area contributed by atoms with E-state index in [-0.39, 0.29) is 0 Å². The summed E-state index contributed by atoms with van der Waals surface area (Å²) in [5.74, 6) is 0.411. The summed E-state index contributed by atoms with van der Waals surface area (Å²) in [4.78, 5) is 3.49. The molecule has 74 valence electrons. The Balaban J connectivity index is 2.74. The Kier molecular flexibility index (Phi) is 1.81. The molecule has 2 aromatic rings. The van der Waals surface area contributed by atoms with Crippen LogP contribution in [0.1, 0.15) is 5.89 Å². The van der Waals surface area contributed by atoms with Gasteiger partial charge in [0.15, 0.2) is 11.5 Å². The van der Waals surface area contributed by atoms with Crippen molar-refractivity contribution in [2.45, 2.75) is 11.8 Å². The van der Waals surface area contributed by atoms with Crippen LogP contribution in [0.5, 0.6) is 0 Å². The van der Waals surface area contributed by atoms with Crippen LogP contribution in [0, 0.1) is 6.92 Å². The fourth-order valence-electron chi connectivity index (χ4n) is 1.17. The number of nitrogens with zero attached hydrogens (tertiary/aromatic N) is 1. The fourth-order valence-corrected chi connectivity index (χ4v) is 1.66. The van der Waals surface area contributed by atoms with Crippen LogP contribution < -0.4 is 0 Å². The first-order valence-corrected chi connectivity index (χ1v) is 5.17. The zero-order valence-electron chi connectivity index (χ0n) is 7.19. The van der Waals surface area contributed by atoms with Crippen molar-refractivity contribution in [2.75, 3.05) is 0 Å². The second-order valence-electron chi connectivity index (χ2n) is 2.80. The zero-order valence-corrected chi connectivity index (χ0v) is 8.01. The van der Waals surface area contributed by atoms with Gasteiger partial charge in [-0.2, -0.15) is 8.42 Å². The predicted octanol–water partition coefficient (Wildman–Crippen LogP) is 1.79. The van der Waals surface area contributed by atoms with Crippen LogP contribution in [0.3, 0.4) is 0 Å². The molecule has 0 saturated carbocycles. The third-order valence-corrected chi connectivity index (χ3v) is 2.56. The van der Waals surface area contributed by atoms with Gasteiger partial charge in [-0.3, -0.25) is 0 Å². The van der Waals surface area contributed by atoms with Gasteiger partial charge in [-0.15, -0.1) is 3.89 Å². The number of rotatable bonds is 1. The number of hydrogen-bond donors (Lipinski definition) is 0. The van der Waals surface area contributed by atoms with Gasteiger partial charge in [-0.25, -0.2) is 4.98 Å². The Morgan fingerprint density at radius 3 is 2.79 bits per heavy atom. The molecule has 0 aliphatic heterocycles. The van der Waals surface area contributed by atoms with Gasteiger partial charge in [0.25, 0.3) is 0 Å².